The average molecular weight is 190 g/mol. The number of fused-ring (bicyclic) bond motifs is 1. The molecule has 1 aromatic rings. The predicted octanol–water partition coefficient (Wildman–Crippen LogP) is 1.78. The summed E-state index contributed by atoms with van der Waals surface area (Å²) in [4.78, 5) is 11.1. The van der Waals surface area contributed by atoms with Crippen LogP contribution in [0.1, 0.15) is 24.3 Å². The van der Waals surface area contributed by atoms with Crippen molar-refractivity contribution < 1.29 is 14.6 Å². The van der Waals surface area contributed by atoms with Gasteiger partial charge in [0.1, 0.15) is 17.3 Å². The molecule has 1 fully saturated rings. The van der Waals surface area contributed by atoms with Crippen LogP contribution in [-0.2, 0) is 4.79 Å². The number of carbonyl (C=O) groups is 1. The first-order chi connectivity index (χ1) is 6.73. The zero-order valence-electron chi connectivity index (χ0n) is 7.56. The highest BCUT2D eigenvalue weighted by Gasteiger charge is 2.60. The van der Waals surface area contributed by atoms with Crippen LogP contribution < -0.4 is 4.74 Å². The molecule has 2 aliphatic rings. The topological polar surface area (TPSA) is 46.5 Å². The molecule has 1 unspecified atom stereocenters. The first-order valence-corrected chi connectivity index (χ1v) is 4.74. The van der Waals surface area contributed by atoms with Crippen molar-refractivity contribution in [1.29, 1.82) is 0 Å². The summed E-state index contributed by atoms with van der Waals surface area (Å²) in [6.45, 7) is 0. The second-order valence-electron chi connectivity index (χ2n) is 3.98. The van der Waals surface area contributed by atoms with Crippen molar-refractivity contribution >= 4 is 5.97 Å². The number of benzene rings is 1. The van der Waals surface area contributed by atoms with Crippen molar-refractivity contribution in [3.8, 4) is 5.75 Å². The highest BCUT2D eigenvalue weighted by Crippen LogP contribution is 2.57. The molecule has 3 rings (SSSR count). The van der Waals surface area contributed by atoms with Gasteiger partial charge in [-0.1, -0.05) is 18.2 Å². The third kappa shape index (κ3) is 0.842. The molecule has 72 valence electrons. The smallest absolute Gasteiger partial charge is 0.315 e. The maximum atomic E-state index is 11.1. The minimum Gasteiger partial charge on any atom is -0.486 e. The van der Waals surface area contributed by atoms with Crippen LogP contribution >= 0.6 is 0 Å². The molecule has 0 aromatic heterocycles. The number of ether oxygens (including phenoxy) is 1. The fourth-order valence-electron chi connectivity index (χ4n) is 2.25. The van der Waals surface area contributed by atoms with E-state index in [0.29, 0.717) is 0 Å². The summed E-state index contributed by atoms with van der Waals surface area (Å²) in [7, 11) is 0. The predicted molar refractivity (Wildman–Crippen MR) is 49.4 cm³/mol. The Morgan fingerprint density at radius 2 is 2.14 bits per heavy atom. The van der Waals surface area contributed by atoms with Gasteiger partial charge in [-0.05, 0) is 18.9 Å². The first-order valence-electron chi connectivity index (χ1n) is 4.74. The molecular formula is C11H10O3. The minimum absolute atomic E-state index is 0.407. The summed E-state index contributed by atoms with van der Waals surface area (Å²) < 4.78 is 5.70. The number of aliphatic carboxylic acids is 1. The van der Waals surface area contributed by atoms with Gasteiger partial charge in [-0.2, -0.15) is 0 Å². The summed E-state index contributed by atoms with van der Waals surface area (Å²) in [5.74, 6) is -0.483. The lowest BCUT2D eigenvalue weighted by atomic mass is 9.94. The van der Waals surface area contributed by atoms with Crippen LogP contribution in [0.3, 0.4) is 0 Å². The Balaban J connectivity index is 2.13. The van der Waals surface area contributed by atoms with Crippen molar-refractivity contribution in [2.75, 3.05) is 0 Å². The van der Waals surface area contributed by atoms with Crippen LogP contribution in [0.25, 0.3) is 0 Å². The summed E-state index contributed by atoms with van der Waals surface area (Å²) in [5, 5.41) is 9.16. The van der Waals surface area contributed by atoms with E-state index >= 15 is 0 Å². The van der Waals surface area contributed by atoms with E-state index < -0.39 is 17.5 Å². The zero-order valence-corrected chi connectivity index (χ0v) is 7.56. The monoisotopic (exact) mass is 190 g/mol. The lowest BCUT2D eigenvalue weighted by molar-refractivity contribution is -0.140. The highest BCUT2D eigenvalue weighted by molar-refractivity contribution is 5.81. The Hall–Kier alpha value is -1.51. The summed E-state index contributed by atoms with van der Waals surface area (Å²) >= 11 is 0. The number of carboxylic acid groups (broad SMARTS) is 1. The summed E-state index contributed by atoms with van der Waals surface area (Å²) in [6.07, 6.45) is 1.72. The average Bonchev–Trinajstić information content (AvgIpc) is 2.81. The lowest BCUT2D eigenvalue weighted by Gasteiger charge is -2.12. The summed E-state index contributed by atoms with van der Waals surface area (Å²) in [5.41, 5.74) is 0.424. The molecule has 1 N–H and O–H groups in total. The standard InChI is InChI=1S/C11H10O3/c12-10(13)9-7-3-1-2-4-8(7)14-11(9)5-6-11/h1-4,9H,5-6H2,(H,12,13). The Morgan fingerprint density at radius 3 is 2.79 bits per heavy atom. The van der Waals surface area contributed by atoms with Gasteiger partial charge in [0.2, 0.25) is 0 Å². The van der Waals surface area contributed by atoms with Gasteiger partial charge in [-0.3, -0.25) is 4.79 Å². The largest absolute Gasteiger partial charge is 0.486 e. The van der Waals surface area contributed by atoms with Crippen LogP contribution in [-0.4, -0.2) is 16.7 Å². The Morgan fingerprint density at radius 1 is 1.43 bits per heavy atom. The molecule has 0 amide bonds. The molecule has 1 aliphatic heterocycles. The van der Waals surface area contributed by atoms with Crippen LogP contribution in [0.5, 0.6) is 5.75 Å². The molecular weight excluding hydrogens is 180 g/mol. The van der Waals surface area contributed by atoms with Crippen LogP contribution in [0.2, 0.25) is 0 Å². The molecule has 0 saturated heterocycles. The van der Waals surface area contributed by atoms with E-state index in [1.54, 1.807) is 0 Å². The fraction of sp³-hybridized carbons (Fsp3) is 0.364. The Bertz CT molecular complexity index is 407. The van der Waals surface area contributed by atoms with Gasteiger partial charge in [0.25, 0.3) is 0 Å². The molecule has 1 heterocycles. The molecule has 1 aliphatic carbocycles. The van der Waals surface area contributed by atoms with Gasteiger partial charge in [0.15, 0.2) is 0 Å². The van der Waals surface area contributed by atoms with Gasteiger partial charge in [0, 0.05) is 5.56 Å². The van der Waals surface area contributed by atoms with Crippen LogP contribution in [0.4, 0.5) is 0 Å². The molecule has 1 spiro atoms. The second kappa shape index (κ2) is 2.29. The van der Waals surface area contributed by atoms with Crippen molar-refractivity contribution in [2.24, 2.45) is 0 Å². The molecule has 3 nitrogen and oxygen atoms in total. The number of hydrogen-bond donors (Lipinski definition) is 1. The maximum absolute atomic E-state index is 11.1. The van der Waals surface area contributed by atoms with Crippen molar-refractivity contribution in [1.82, 2.24) is 0 Å². The van der Waals surface area contributed by atoms with E-state index in [4.69, 9.17) is 9.84 Å². The number of rotatable bonds is 1. The second-order valence-corrected chi connectivity index (χ2v) is 3.98. The molecule has 0 radical (unpaired) electrons. The van der Waals surface area contributed by atoms with Crippen LogP contribution in [0, 0.1) is 0 Å². The molecule has 1 saturated carbocycles. The number of hydrogen-bond acceptors (Lipinski definition) is 2. The normalized spacial score (nSPS) is 25.6. The Labute approximate surface area is 81.3 Å². The Kier molecular flexibility index (Phi) is 1.29. The minimum atomic E-state index is -0.771. The number of carboxylic acids is 1. The number of para-hydroxylation sites is 1. The first kappa shape index (κ1) is 7.85. The third-order valence-corrected chi connectivity index (χ3v) is 3.06. The fourth-order valence-corrected chi connectivity index (χ4v) is 2.25. The van der Waals surface area contributed by atoms with E-state index in [1.165, 1.54) is 0 Å². The van der Waals surface area contributed by atoms with Gasteiger partial charge < -0.3 is 9.84 Å². The van der Waals surface area contributed by atoms with Gasteiger partial charge >= 0.3 is 5.97 Å². The maximum Gasteiger partial charge on any atom is 0.315 e. The van der Waals surface area contributed by atoms with Gasteiger partial charge in [-0.15, -0.1) is 0 Å². The van der Waals surface area contributed by atoms with Crippen molar-refractivity contribution in [3.63, 3.8) is 0 Å². The molecule has 1 aromatic carbocycles. The van der Waals surface area contributed by atoms with E-state index in [2.05, 4.69) is 0 Å². The van der Waals surface area contributed by atoms with E-state index in [0.717, 1.165) is 24.2 Å². The zero-order chi connectivity index (χ0) is 9.76. The molecule has 1 atom stereocenters. The summed E-state index contributed by atoms with van der Waals surface area (Å²) in [6, 6.07) is 7.43. The van der Waals surface area contributed by atoms with Crippen molar-refractivity contribution in [3.05, 3.63) is 29.8 Å². The molecule has 0 bridgehead atoms. The molecule has 3 heteroatoms. The van der Waals surface area contributed by atoms with E-state index in [-0.39, 0.29) is 0 Å². The molecule has 14 heavy (non-hydrogen) atoms. The van der Waals surface area contributed by atoms with Crippen LogP contribution in [0.15, 0.2) is 24.3 Å². The quantitative estimate of drug-likeness (QED) is 0.734. The van der Waals surface area contributed by atoms with Gasteiger partial charge in [0.05, 0.1) is 0 Å². The van der Waals surface area contributed by atoms with Gasteiger partial charge in [-0.25, -0.2) is 0 Å². The van der Waals surface area contributed by atoms with E-state index in [1.807, 2.05) is 24.3 Å². The third-order valence-electron chi connectivity index (χ3n) is 3.06. The van der Waals surface area contributed by atoms with Crippen molar-refractivity contribution in [2.45, 2.75) is 24.4 Å². The highest BCUT2D eigenvalue weighted by atomic mass is 16.5. The lowest BCUT2D eigenvalue weighted by Crippen LogP contribution is -2.26. The SMILES string of the molecule is O=C(O)C1c2ccccc2OC12CC2. The van der Waals surface area contributed by atoms with E-state index in [9.17, 15) is 4.79 Å².